The molecule has 1 aliphatic rings. The van der Waals surface area contributed by atoms with E-state index in [0.717, 1.165) is 16.5 Å². The molecular formula is C26H27N5O3S2. The Bertz CT molecular complexity index is 1440. The van der Waals surface area contributed by atoms with Crippen LogP contribution >= 0.6 is 11.3 Å². The molecule has 10 heteroatoms. The van der Waals surface area contributed by atoms with Crippen molar-refractivity contribution in [2.24, 2.45) is 0 Å². The molecule has 1 unspecified atom stereocenters. The van der Waals surface area contributed by atoms with Gasteiger partial charge in [-0.2, -0.15) is 0 Å². The first-order chi connectivity index (χ1) is 17.3. The van der Waals surface area contributed by atoms with Crippen LogP contribution in [0.3, 0.4) is 0 Å². The van der Waals surface area contributed by atoms with Gasteiger partial charge in [0.1, 0.15) is 12.1 Å². The number of aryl methyl sites for hydroxylation is 1. The fourth-order valence-electron chi connectivity index (χ4n) is 4.58. The minimum absolute atomic E-state index is 0.0137. The smallest absolute Gasteiger partial charge is 0.248 e. The van der Waals surface area contributed by atoms with E-state index in [1.54, 1.807) is 45.6 Å². The van der Waals surface area contributed by atoms with Crippen molar-refractivity contribution in [1.82, 2.24) is 14.5 Å². The van der Waals surface area contributed by atoms with Crippen molar-refractivity contribution in [3.05, 3.63) is 71.9 Å². The van der Waals surface area contributed by atoms with Crippen molar-refractivity contribution in [3.63, 3.8) is 0 Å². The van der Waals surface area contributed by atoms with Crippen molar-refractivity contribution in [1.29, 1.82) is 0 Å². The third kappa shape index (κ3) is 4.42. The van der Waals surface area contributed by atoms with Gasteiger partial charge in [-0.3, -0.25) is 14.3 Å². The first kappa shape index (κ1) is 24.2. The van der Waals surface area contributed by atoms with Crippen LogP contribution < -0.4 is 9.62 Å². The molecule has 186 valence electrons. The maximum atomic E-state index is 13.6. The Morgan fingerprint density at radius 1 is 1.11 bits per heavy atom. The molecule has 8 nitrogen and oxygen atoms in total. The molecule has 5 rings (SSSR count). The lowest BCUT2D eigenvalue weighted by molar-refractivity contribution is -0.143. The number of thiazole rings is 1. The summed E-state index contributed by atoms with van der Waals surface area (Å²) in [6.07, 6.45) is 3.59. The zero-order chi connectivity index (χ0) is 25.4. The van der Waals surface area contributed by atoms with Crippen LogP contribution in [-0.2, 0) is 26.1 Å². The van der Waals surface area contributed by atoms with Gasteiger partial charge in [-0.1, -0.05) is 12.1 Å². The van der Waals surface area contributed by atoms with E-state index in [1.165, 1.54) is 11.3 Å². The average Bonchev–Trinajstić information content (AvgIpc) is 3.54. The van der Waals surface area contributed by atoms with Crippen LogP contribution in [-0.4, -0.2) is 50.1 Å². The average molecular weight is 522 g/mol. The van der Waals surface area contributed by atoms with Gasteiger partial charge in [-0.25, -0.2) is 9.19 Å². The zero-order valence-electron chi connectivity index (χ0n) is 20.3. The number of carbonyl (C=O) groups is 2. The van der Waals surface area contributed by atoms with Crippen LogP contribution in [0, 0.1) is 6.92 Å². The number of hydrogen-bond acceptors (Lipinski definition) is 5. The first-order valence-corrected chi connectivity index (χ1v) is 13.6. The molecule has 2 aromatic carbocycles. The number of nitrogens with one attached hydrogen (secondary N) is 1. The second-order valence-corrected chi connectivity index (χ2v) is 11.3. The van der Waals surface area contributed by atoms with E-state index in [2.05, 4.69) is 22.7 Å². The SMILES string of the molecule is Cc1cccc2c1ccn2C(C)(C)C(=O)N1CCN(c2ccc(S(=O)Nc3nccs3)cc2)C(=O)C1. The Morgan fingerprint density at radius 3 is 2.58 bits per heavy atom. The fraction of sp³-hybridized carbons (Fsp3) is 0.269. The van der Waals surface area contributed by atoms with Gasteiger partial charge in [0.2, 0.25) is 11.8 Å². The van der Waals surface area contributed by atoms with Crippen LogP contribution in [0.25, 0.3) is 10.9 Å². The summed E-state index contributed by atoms with van der Waals surface area (Å²) in [5.74, 6) is -0.234. The van der Waals surface area contributed by atoms with E-state index in [1.807, 2.05) is 42.8 Å². The van der Waals surface area contributed by atoms with Crippen LogP contribution in [0.1, 0.15) is 19.4 Å². The number of rotatable bonds is 6. The Balaban J connectivity index is 1.27. The topological polar surface area (TPSA) is 87.5 Å². The van der Waals surface area contributed by atoms with E-state index in [4.69, 9.17) is 0 Å². The molecule has 1 aliphatic heterocycles. The number of anilines is 2. The molecule has 0 spiro atoms. The molecule has 1 atom stereocenters. The molecule has 3 heterocycles. The predicted molar refractivity (Wildman–Crippen MR) is 144 cm³/mol. The van der Waals surface area contributed by atoms with Crippen molar-refractivity contribution >= 4 is 55.9 Å². The molecule has 36 heavy (non-hydrogen) atoms. The van der Waals surface area contributed by atoms with Gasteiger partial charge in [-0.05, 0) is 62.7 Å². The molecule has 1 saturated heterocycles. The highest BCUT2D eigenvalue weighted by atomic mass is 32.2. The Morgan fingerprint density at radius 2 is 1.89 bits per heavy atom. The van der Waals surface area contributed by atoms with Gasteiger partial charge in [0.05, 0.1) is 4.90 Å². The first-order valence-electron chi connectivity index (χ1n) is 11.6. The fourth-order valence-corrected chi connectivity index (χ4v) is 6.08. The Hall–Kier alpha value is -3.50. The van der Waals surface area contributed by atoms with E-state index < -0.39 is 16.5 Å². The molecule has 2 aromatic heterocycles. The number of hydrogen-bond donors (Lipinski definition) is 1. The highest BCUT2D eigenvalue weighted by molar-refractivity contribution is 7.86. The molecular weight excluding hydrogens is 494 g/mol. The second-order valence-electron chi connectivity index (χ2n) is 9.23. The van der Waals surface area contributed by atoms with E-state index in [9.17, 15) is 13.8 Å². The minimum Gasteiger partial charge on any atom is -0.333 e. The second kappa shape index (κ2) is 9.51. The van der Waals surface area contributed by atoms with Gasteiger partial charge in [0.15, 0.2) is 16.1 Å². The molecule has 0 bridgehead atoms. The highest BCUT2D eigenvalue weighted by Gasteiger charge is 2.38. The summed E-state index contributed by atoms with van der Waals surface area (Å²) in [4.78, 5) is 34.6. The molecule has 2 amide bonds. The molecule has 0 saturated carbocycles. The number of nitrogens with zero attached hydrogens (tertiary/aromatic N) is 4. The van der Waals surface area contributed by atoms with E-state index >= 15 is 0 Å². The van der Waals surface area contributed by atoms with Crippen molar-refractivity contribution in [3.8, 4) is 0 Å². The number of amides is 2. The summed E-state index contributed by atoms with van der Waals surface area (Å²) in [7, 11) is -1.44. The minimum atomic E-state index is -1.44. The van der Waals surface area contributed by atoms with Crippen LogP contribution in [0.2, 0.25) is 0 Å². The van der Waals surface area contributed by atoms with E-state index in [0.29, 0.717) is 28.8 Å². The van der Waals surface area contributed by atoms with Crippen molar-refractivity contribution < 1.29 is 13.8 Å². The maximum absolute atomic E-state index is 13.6. The Kier molecular flexibility index (Phi) is 6.40. The largest absolute Gasteiger partial charge is 0.333 e. The lowest BCUT2D eigenvalue weighted by Gasteiger charge is -2.39. The summed E-state index contributed by atoms with van der Waals surface area (Å²) in [6, 6.07) is 15.1. The zero-order valence-corrected chi connectivity index (χ0v) is 21.9. The third-order valence-corrected chi connectivity index (χ3v) is 8.46. The standard InChI is InChI=1S/C26H27N5O3S2/c1-18-5-4-6-22-21(18)11-13-31(22)26(2,3)24(33)29-14-15-30(23(32)17-29)19-7-9-20(10-8-19)36(34)28-25-27-12-16-35-25/h4-13,16H,14-15,17H2,1-3H3,(H,27,28). The van der Waals surface area contributed by atoms with E-state index in [-0.39, 0.29) is 18.4 Å². The van der Waals surface area contributed by atoms with Gasteiger partial charge < -0.3 is 14.4 Å². The van der Waals surface area contributed by atoms with Gasteiger partial charge >= 0.3 is 0 Å². The monoisotopic (exact) mass is 521 g/mol. The Labute approximate surface area is 216 Å². The highest BCUT2D eigenvalue weighted by Crippen LogP contribution is 2.29. The summed E-state index contributed by atoms with van der Waals surface area (Å²) in [6.45, 7) is 6.69. The third-order valence-electron chi connectivity index (χ3n) is 6.56. The van der Waals surface area contributed by atoms with Gasteiger partial charge in [0, 0.05) is 47.5 Å². The molecule has 1 fully saturated rings. The molecule has 4 aromatic rings. The number of carbonyl (C=O) groups excluding carboxylic acids is 2. The van der Waals surface area contributed by atoms with Crippen LogP contribution in [0.15, 0.2) is 71.2 Å². The quantitative estimate of drug-likeness (QED) is 0.413. The summed E-state index contributed by atoms with van der Waals surface area (Å²) >= 11 is 1.37. The van der Waals surface area contributed by atoms with Crippen molar-refractivity contribution in [2.75, 3.05) is 29.3 Å². The number of benzene rings is 2. The summed E-state index contributed by atoms with van der Waals surface area (Å²) in [5.41, 5.74) is 2.04. The number of piperazine rings is 1. The summed E-state index contributed by atoms with van der Waals surface area (Å²) < 4.78 is 17.4. The van der Waals surface area contributed by atoms with Crippen LogP contribution in [0.4, 0.5) is 10.8 Å². The lowest BCUT2D eigenvalue weighted by atomic mass is 10.0. The van der Waals surface area contributed by atoms with Gasteiger partial charge in [0.25, 0.3) is 0 Å². The molecule has 1 N–H and O–H groups in total. The molecule has 0 radical (unpaired) electrons. The van der Waals surface area contributed by atoms with Crippen molar-refractivity contribution in [2.45, 2.75) is 31.2 Å². The normalized spacial score (nSPS) is 15.4. The summed E-state index contributed by atoms with van der Waals surface area (Å²) in [5, 5.41) is 3.51. The predicted octanol–water partition coefficient (Wildman–Crippen LogP) is 4.15. The number of aromatic nitrogens is 2. The molecule has 0 aliphatic carbocycles. The van der Waals surface area contributed by atoms with Gasteiger partial charge in [-0.15, -0.1) is 11.3 Å². The number of fused-ring (bicyclic) bond motifs is 1. The maximum Gasteiger partial charge on any atom is 0.248 e. The lowest BCUT2D eigenvalue weighted by Crippen LogP contribution is -2.57. The van der Waals surface area contributed by atoms with Crippen LogP contribution in [0.5, 0.6) is 0 Å².